The number of nitrogens with one attached hydrogen (secondary N) is 1. The summed E-state index contributed by atoms with van der Waals surface area (Å²) in [5.74, 6) is 0.613. The molecule has 1 N–H and O–H groups in total. The molecule has 0 spiro atoms. The van der Waals surface area contributed by atoms with Crippen LogP contribution in [0.25, 0.3) is 11.4 Å². The Hall–Kier alpha value is -1.73. The molecule has 3 aromatic rings. The van der Waals surface area contributed by atoms with E-state index in [1.54, 1.807) is 24.3 Å². The molecule has 2 aromatic carbocycles. The van der Waals surface area contributed by atoms with Crippen molar-refractivity contribution in [3.05, 3.63) is 57.5 Å². The highest BCUT2D eigenvalue weighted by atomic mass is 35.5. The van der Waals surface area contributed by atoms with Crippen molar-refractivity contribution >= 4 is 58.2 Å². The number of anilines is 1. The van der Waals surface area contributed by atoms with Crippen LogP contribution < -0.4 is 5.32 Å². The number of hydrogen-bond acceptors (Lipinski definition) is 4. The molecule has 0 aliphatic heterocycles. The van der Waals surface area contributed by atoms with Crippen molar-refractivity contribution in [2.24, 2.45) is 0 Å². The van der Waals surface area contributed by atoms with Crippen molar-refractivity contribution in [3.63, 3.8) is 0 Å². The fourth-order valence-corrected chi connectivity index (χ4v) is 3.81. The van der Waals surface area contributed by atoms with E-state index in [0.29, 0.717) is 38.3 Å². The Morgan fingerprint density at radius 3 is 2.56 bits per heavy atom. The zero-order valence-electron chi connectivity index (χ0n) is 14.2. The van der Waals surface area contributed by atoms with Crippen LogP contribution in [-0.2, 0) is 11.3 Å². The van der Waals surface area contributed by atoms with Gasteiger partial charge in [0.15, 0.2) is 11.0 Å². The van der Waals surface area contributed by atoms with Crippen molar-refractivity contribution < 1.29 is 4.79 Å². The topological polar surface area (TPSA) is 59.8 Å². The minimum atomic E-state index is -0.214. The summed E-state index contributed by atoms with van der Waals surface area (Å²) in [6.45, 7) is 2.64. The van der Waals surface area contributed by atoms with E-state index in [2.05, 4.69) is 15.5 Å². The summed E-state index contributed by atoms with van der Waals surface area (Å²) in [4.78, 5) is 12.3. The first-order valence-corrected chi connectivity index (χ1v) is 10.2. The second kappa shape index (κ2) is 8.97. The SMILES string of the molecule is CCn1c(SCC(=O)Nc2cccc(Cl)c2Cl)nnc1-c1ccccc1Cl. The molecule has 0 radical (unpaired) electrons. The molecule has 27 heavy (non-hydrogen) atoms. The monoisotopic (exact) mass is 440 g/mol. The zero-order valence-corrected chi connectivity index (χ0v) is 17.3. The van der Waals surface area contributed by atoms with Crippen LogP contribution in [0.5, 0.6) is 0 Å². The number of thioether (sulfide) groups is 1. The number of aromatic nitrogens is 3. The first-order chi connectivity index (χ1) is 13.0. The third-order valence-electron chi connectivity index (χ3n) is 3.71. The lowest BCUT2D eigenvalue weighted by molar-refractivity contribution is -0.113. The highest BCUT2D eigenvalue weighted by Crippen LogP contribution is 2.31. The Labute approximate surface area is 176 Å². The molecular formula is C18H15Cl3N4OS. The summed E-state index contributed by atoms with van der Waals surface area (Å²) in [5, 5.41) is 13.1. The summed E-state index contributed by atoms with van der Waals surface area (Å²) >= 11 is 19.6. The van der Waals surface area contributed by atoms with Gasteiger partial charge in [0.1, 0.15) is 0 Å². The molecule has 0 bridgehead atoms. The Morgan fingerprint density at radius 1 is 1.07 bits per heavy atom. The van der Waals surface area contributed by atoms with Gasteiger partial charge in [-0.1, -0.05) is 64.8 Å². The van der Waals surface area contributed by atoms with Gasteiger partial charge in [-0.2, -0.15) is 0 Å². The van der Waals surface area contributed by atoms with Gasteiger partial charge < -0.3 is 9.88 Å². The van der Waals surface area contributed by atoms with E-state index >= 15 is 0 Å². The van der Waals surface area contributed by atoms with Crippen LogP contribution in [0.15, 0.2) is 47.6 Å². The van der Waals surface area contributed by atoms with Crippen LogP contribution >= 0.6 is 46.6 Å². The number of nitrogens with zero attached hydrogens (tertiary/aromatic N) is 3. The minimum Gasteiger partial charge on any atom is -0.324 e. The highest BCUT2D eigenvalue weighted by Gasteiger charge is 2.17. The van der Waals surface area contributed by atoms with Crippen LogP contribution in [0.2, 0.25) is 15.1 Å². The van der Waals surface area contributed by atoms with E-state index in [9.17, 15) is 4.79 Å². The lowest BCUT2D eigenvalue weighted by Gasteiger charge is -2.09. The summed E-state index contributed by atoms with van der Waals surface area (Å²) in [7, 11) is 0. The van der Waals surface area contributed by atoms with E-state index in [1.165, 1.54) is 11.8 Å². The molecular weight excluding hydrogens is 427 g/mol. The van der Waals surface area contributed by atoms with Crippen molar-refractivity contribution in [3.8, 4) is 11.4 Å². The van der Waals surface area contributed by atoms with Crippen LogP contribution in [0.3, 0.4) is 0 Å². The normalized spacial score (nSPS) is 10.8. The second-order valence-corrected chi connectivity index (χ2v) is 7.60. The lowest BCUT2D eigenvalue weighted by Crippen LogP contribution is -2.15. The minimum absolute atomic E-state index is 0.156. The second-order valence-electron chi connectivity index (χ2n) is 5.47. The maximum atomic E-state index is 12.3. The van der Waals surface area contributed by atoms with E-state index in [0.717, 1.165) is 5.56 Å². The number of hydrogen-bond donors (Lipinski definition) is 1. The van der Waals surface area contributed by atoms with Gasteiger partial charge in [-0.25, -0.2) is 0 Å². The number of carbonyl (C=O) groups is 1. The van der Waals surface area contributed by atoms with Gasteiger partial charge in [0.2, 0.25) is 5.91 Å². The van der Waals surface area contributed by atoms with Gasteiger partial charge in [0.25, 0.3) is 0 Å². The fourth-order valence-electron chi connectivity index (χ4n) is 2.44. The van der Waals surface area contributed by atoms with Crippen molar-refractivity contribution in [1.29, 1.82) is 0 Å². The zero-order chi connectivity index (χ0) is 19.4. The average molecular weight is 442 g/mol. The molecule has 140 valence electrons. The first-order valence-electron chi connectivity index (χ1n) is 8.06. The molecule has 0 saturated carbocycles. The molecule has 5 nitrogen and oxygen atoms in total. The van der Waals surface area contributed by atoms with Gasteiger partial charge in [-0.05, 0) is 31.2 Å². The quantitative estimate of drug-likeness (QED) is 0.502. The average Bonchev–Trinajstić information content (AvgIpc) is 3.07. The molecule has 1 heterocycles. The molecule has 1 aromatic heterocycles. The van der Waals surface area contributed by atoms with Crippen LogP contribution in [0.1, 0.15) is 6.92 Å². The van der Waals surface area contributed by atoms with Gasteiger partial charge in [0.05, 0.1) is 26.5 Å². The fraction of sp³-hybridized carbons (Fsp3) is 0.167. The molecule has 0 aliphatic rings. The number of amides is 1. The Bertz CT molecular complexity index is 977. The highest BCUT2D eigenvalue weighted by molar-refractivity contribution is 7.99. The summed E-state index contributed by atoms with van der Waals surface area (Å²) in [6, 6.07) is 12.5. The maximum absolute atomic E-state index is 12.3. The van der Waals surface area contributed by atoms with Crippen molar-refractivity contribution in [2.75, 3.05) is 11.1 Å². The molecule has 3 rings (SSSR count). The third kappa shape index (κ3) is 4.58. The van der Waals surface area contributed by atoms with Gasteiger partial charge in [-0.15, -0.1) is 10.2 Å². The Kier molecular flexibility index (Phi) is 6.65. The van der Waals surface area contributed by atoms with Crippen LogP contribution in [-0.4, -0.2) is 26.4 Å². The predicted molar refractivity (Wildman–Crippen MR) is 112 cm³/mol. The first kappa shape index (κ1) is 20.0. The summed E-state index contributed by atoms with van der Waals surface area (Å²) in [6.07, 6.45) is 0. The van der Waals surface area contributed by atoms with E-state index < -0.39 is 0 Å². The van der Waals surface area contributed by atoms with Gasteiger partial charge in [0, 0.05) is 12.1 Å². The number of benzene rings is 2. The summed E-state index contributed by atoms with van der Waals surface area (Å²) in [5.41, 5.74) is 1.28. The maximum Gasteiger partial charge on any atom is 0.234 e. The van der Waals surface area contributed by atoms with Crippen LogP contribution in [0.4, 0.5) is 5.69 Å². The molecule has 0 aliphatic carbocycles. The molecule has 0 unspecified atom stereocenters. The number of carbonyl (C=O) groups excluding carboxylic acids is 1. The third-order valence-corrected chi connectivity index (χ3v) is 5.82. The standard InChI is InChI=1S/C18H15Cl3N4OS/c1-2-25-17(11-6-3-4-7-12(11)19)23-24-18(25)27-10-15(26)22-14-9-5-8-13(20)16(14)21/h3-9H,2,10H2,1H3,(H,22,26). The predicted octanol–water partition coefficient (Wildman–Crippen LogP) is 5.66. The molecule has 0 saturated heterocycles. The van der Waals surface area contributed by atoms with Crippen molar-refractivity contribution in [2.45, 2.75) is 18.6 Å². The smallest absolute Gasteiger partial charge is 0.234 e. The summed E-state index contributed by atoms with van der Waals surface area (Å²) < 4.78 is 1.92. The molecule has 1 amide bonds. The van der Waals surface area contributed by atoms with E-state index in [1.807, 2.05) is 29.7 Å². The lowest BCUT2D eigenvalue weighted by atomic mass is 10.2. The van der Waals surface area contributed by atoms with Gasteiger partial charge >= 0.3 is 0 Å². The molecule has 9 heteroatoms. The largest absolute Gasteiger partial charge is 0.324 e. The van der Waals surface area contributed by atoms with Crippen molar-refractivity contribution in [1.82, 2.24) is 14.8 Å². The van der Waals surface area contributed by atoms with E-state index in [4.69, 9.17) is 34.8 Å². The number of halogens is 3. The Balaban J connectivity index is 1.72. The van der Waals surface area contributed by atoms with Crippen LogP contribution in [0, 0.1) is 0 Å². The molecule has 0 fully saturated rings. The van der Waals surface area contributed by atoms with Gasteiger partial charge in [-0.3, -0.25) is 4.79 Å². The Morgan fingerprint density at radius 2 is 1.81 bits per heavy atom. The number of rotatable bonds is 6. The van der Waals surface area contributed by atoms with E-state index in [-0.39, 0.29) is 11.7 Å². The molecule has 0 atom stereocenters.